The van der Waals surface area contributed by atoms with Gasteiger partial charge in [-0.2, -0.15) is 0 Å². The van der Waals surface area contributed by atoms with E-state index in [1.807, 2.05) is 32.0 Å². The standard InChI is InChI=1S/C19H21ClFNO/c1-13(2)18(15-6-8-16(20)9-7-15)19(23)22-11-10-14-4-3-5-17(21)12-14/h3-9,12-13,18H,10-11H2,1-2H3,(H,22,23)/t18-/m1/s1. The summed E-state index contributed by atoms with van der Waals surface area (Å²) in [5.74, 6) is -0.320. The van der Waals surface area contributed by atoms with Gasteiger partial charge in [-0.1, -0.05) is 49.7 Å². The van der Waals surface area contributed by atoms with Crippen LogP contribution in [-0.2, 0) is 11.2 Å². The van der Waals surface area contributed by atoms with Crippen molar-refractivity contribution in [1.29, 1.82) is 0 Å². The van der Waals surface area contributed by atoms with Crippen LogP contribution >= 0.6 is 11.6 Å². The van der Waals surface area contributed by atoms with Gasteiger partial charge in [0.05, 0.1) is 5.92 Å². The van der Waals surface area contributed by atoms with Crippen LogP contribution in [0.5, 0.6) is 0 Å². The highest BCUT2D eigenvalue weighted by Gasteiger charge is 2.23. The molecule has 122 valence electrons. The summed E-state index contributed by atoms with van der Waals surface area (Å²) >= 11 is 5.91. The third kappa shape index (κ3) is 5.07. The number of hydrogen-bond donors (Lipinski definition) is 1. The van der Waals surface area contributed by atoms with Gasteiger partial charge in [-0.25, -0.2) is 4.39 Å². The molecular formula is C19H21ClFNO. The van der Waals surface area contributed by atoms with Crippen LogP contribution < -0.4 is 5.32 Å². The Hall–Kier alpha value is -1.87. The van der Waals surface area contributed by atoms with E-state index in [1.54, 1.807) is 18.2 Å². The number of nitrogens with one attached hydrogen (secondary N) is 1. The van der Waals surface area contributed by atoms with E-state index >= 15 is 0 Å². The van der Waals surface area contributed by atoms with E-state index < -0.39 is 0 Å². The van der Waals surface area contributed by atoms with Gasteiger partial charge in [0.2, 0.25) is 5.91 Å². The van der Waals surface area contributed by atoms with Gasteiger partial charge >= 0.3 is 0 Å². The number of hydrogen-bond acceptors (Lipinski definition) is 1. The lowest BCUT2D eigenvalue weighted by Gasteiger charge is -2.21. The van der Waals surface area contributed by atoms with Crippen molar-refractivity contribution < 1.29 is 9.18 Å². The van der Waals surface area contributed by atoms with Crippen LogP contribution in [0.25, 0.3) is 0 Å². The van der Waals surface area contributed by atoms with Crippen LogP contribution in [0.15, 0.2) is 48.5 Å². The number of amides is 1. The number of halogens is 2. The molecule has 0 saturated heterocycles. The third-order valence-electron chi connectivity index (χ3n) is 3.78. The first-order valence-electron chi connectivity index (χ1n) is 7.75. The number of rotatable bonds is 6. The van der Waals surface area contributed by atoms with Gasteiger partial charge < -0.3 is 5.32 Å². The average Bonchev–Trinajstić information content (AvgIpc) is 2.49. The highest BCUT2D eigenvalue weighted by Crippen LogP contribution is 2.26. The summed E-state index contributed by atoms with van der Waals surface area (Å²) in [4.78, 5) is 12.5. The fraction of sp³-hybridized carbons (Fsp3) is 0.316. The molecule has 4 heteroatoms. The summed E-state index contributed by atoms with van der Waals surface area (Å²) in [6.45, 7) is 4.52. The molecule has 0 aliphatic carbocycles. The molecule has 1 atom stereocenters. The molecule has 1 amide bonds. The van der Waals surface area contributed by atoms with Crippen molar-refractivity contribution in [2.45, 2.75) is 26.2 Å². The summed E-state index contributed by atoms with van der Waals surface area (Å²) in [5.41, 5.74) is 1.82. The maximum absolute atomic E-state index is 13.1. The Bertz CT molecular complexity index is 655. The van der Waals surface area contributed by atoms with Gasteiger partial charge in [-0.15, -0.1) is 0 Å². The second-order valence-electron chi connectivity index (χ2n) is 5.94. The van der Waals surface area contributed by atoms with Gasteiger partial charge in [0.15, 0.2) is 0 Å². The summed E-state index contributed by atoms with van der Waals surface area (Å²) in [7, 11) is 0. The molecule has 2 rings (SSSR count). The second-order valence-corrected chi connectivity index (χ2v) is 6.38. The first-order chi connectivity index (χ1) is 11.0. The fourth-order valence-electron chi connectivity index (χ4n) is 2.64. The lowest BCUT2D eigenvalue weighted by molar-refractivity contribution is -0.123. The SMILES string of the molecule is CC(C)[C@@H](C(=O)NCCc1cccc(F)c1)c1ccc(Cl)cc1. The molecule has 2 nitrogen and oxygen atoms in total. The maximum Gasteiger partial charge on any atom is 0.227 e. The van der Waals surface area contributed by atoms with Crippen LogP contribution in [0, 0.1) is 11.7 Å². The Morgan fingerprint density at radius 1 is 1.17 bits per heavy atom. The molecule has 0 saturated carbocycles. The van der Waals surface area contributed by atoms with Gasteiger partial charge in [0.25, 0.3) is 0 Å². The topological polar surface area (TPSA) is 29.1 Å². The molecule has 23 heavy (non-hydrogen) atoms. The third-order valence-corrected chi connectivity index (χ3v) is 4.03. The lowest BCUT2D eigenvalue weighted by atomic mass is 9.87. The molecule has 0 fully saturated rings. The minimum atomic E-state index is -0.255. The molecular weight excluding hydrogens is 313 g/mol. The Morgan fingerprint density at radius 2 is 1.87 bits per heavy atom. The van der Waals surface area contributed by atoms with Gasteiger partial charge in [0, 0.05) is 11.6 Å². The highest BCUT2D eigenvalue weighted by molar-refractivity contribution is 6.30. The Kier molecular flexibility index (Phi) is 6.17. The lowest BCUT2D eigenvalue weighted by Crippen LogP contribution is -2.33. The molecule has 0 aliphatic heterocycles. The quantitative estimate of drug-likeness (QED) is 0.823. The van der Waals surface area contributed by atoms with Crippen LogP contribution in [-0.4, -0.2) is 12.5 Å². The minimum absolute atomic E-state index is 0.0151. The van der Waals surface area contributed by atoms with Gasteiger partial charge in [0.1, 0.15) is 5.82 Å². The number of carbonyl (C=O) groups is 1. The first kappa shape index (κ1) is 17.5. The van der Waals surface area contributed by atoms with E-state index in [0.29, 0.717) is 18.0 Å². The predicted octanol–water partition coefficient (Wildman–Crippen LogP) is 4.58. The summed E-state index contributed by atoms with van der Waals surface area (Å²) < 4.78 is 13.1. The van der Waals surface area contributed by atoms with Crippen molar-refractivity contribution >= 4 is 17.5 Å². The maximum atomic E-state index is 13.1. The Labute approximate surface area is 141 Å². The molecule has 1 N–H and O–H groups in total. The van der Waals surface area contributed by atoms with Crippen LogP contribution in [0.2, 0.25) is 5.02 Å². The predicted molar refractivity (Wildman–Crippen MR) is 92.1 cm³/mol. The largest absolute Gasteiger partial charge is 0.355 e. The molecule has 0 heterocycles. The number of carbonyl (C=O) groups excluding carboxylic acids is 1. The van der Waals surface area contributed by atoms with E-state index in [0.717, 1.165) is 11.1 Å². The van der Waals surface area contributed by atoms with Crippen LogP contribution in [0.1, 0.15) is 30.9 Å². The van der Waals surface area contributed by atoms with Gasteiger partial charge in [-0.3, -0.25) is 4.79 Å². The molecule has 0 aliphatic rings. The minimum Gasteiger partial charge on any atom is -0.355 e. The zero-order chi connectivity index (χ0) is 16.8. The van der Waals surface area contributed by atoms with Crippen molar-refractivity contribution in [3.05, 3.63) is 70.5 Å². The molecule has 0 unspecified atom stereocenters. The summed E-state index contributed by atoms with van der Waals surface area (Å²) in [6, 6.07) is 13.8. The smallest absolute Gasteiger partial charge is 0.227 e. The Balaban J connectivity index is 1.97. The molecule has 2 aromatic carbocycles. The van der Waals surface area contributed by atoms with Gasteiger partial charge in [-0.05, 0) is 47.7 Å². The molecule has 0 bridgehead atoms. The monoisotopic (exact) mass is 333 g/mol. The summed E-state index contributed by atoms with van der Waals surface area (Å²) in [5, 5.41) is 3.61. The van der Waals surface area contributed by atoms with E-state index in [1.165, 1.54) is 12.1 Å². The van der Waals surface area contributed by atoms with E-state index in [4.69, 9.17) is 11.6 Å². The molecule has 0 spiro atoms. The molecule has 2 aromatic rings. The van der Waals surface area contributed by atoms with E-state index in [9.17, 15) is 9.18 Å². The molecule has 0 radical (unpaired) electrons. The first-order valence-corrected chi connectivity index (χ1v) is 8.13. The van der Waals surface area contributed by atoms with E-state index in [-0.39, 0.29) is 23.6 Å². The van der Waals surface area contributed by atoms with Crippen molar-refractivity contribution in [2.75, 3.05) is 6.54 Å². The van der Waals surface area contributed by atoms with Crippen LogP contribution in [0.3, 0.4) is 0 Å². The normalized spacial score (nSPS) is 12.2. The average molecular weight is 334 g/mol. The zero-order valence-electron chi connectivity index (χ0n) is 13.4. The second kappa shape index (κ2) is 8.11. The van der Waals surface area contributed by atoms with Crippen molar-refractivity contribution in [2.24, 2.45) is 5.92 Å². The zero-order valence-corrected chi connectivity index (χ0v) is 14.1. The van der Waals surface area contributed by atoms with Crippen molar-refractivity contribution in [1.82, 2.24) is 5.32 Å². The van der Waals surface area contributed by atoms with Crippen LogP contribution in [0.4, 0.5) is 4.39 Å². The number of benzene rings is 2. The Morgan fingerprint density at radius 3 is 2.48 bits per heavy atom. The molecule has 0 aromatic heterocycles. The highest BCUT2D eigenvalue weighted by atomic mass is 35.5. The van der Waals surface area contributed by atoms with Crippen molar-refractivity contribution in [3.8, 4) is 0 Å². The fourth-order valence-corrected chi connectivity index (χ4v) is 2.77. The van der Waals surface area contributed by atoms with Crippen molar-refractivity contribution in [3.63, 3.8) is 0 Å². The summed E-state index contributed by atoms with van der Waals surface area (Å²) in [6.07, 6.45) is 0.606. The van der Waals surface area contributed by atoms with E-state index in [2.05, 4.69) is 5.32 Å².